The first kappa shape index (κ1) is 7.92. The lowest BCUT2D eigenvalue weighted by Crippen LogP contribution is -2.31. The van der Waals surface area contributed by atoms with Crippen LogP contribution in [0.4, 0.5) is 0 Å². The molecule has 4 N–H and O–H groups in total. The van der Waals surface area contributed by atoms with E-state index in [2.05, 4.69) is 6.92 Å². The van der Waals surface area contributed by atoms with Crippen LogP contribution in [-0.4, -0.2) is 12.6 Å². The SMILES string of the molecule is CCC(CN)C(C)N. The third-order valence-corrected chi connectivity index (χ3v) is 1.57. The minimum Gasteiger partial charge on any atom is -0.330 e. The van der Waals surface area contributed by atoms with Crippen LogP contribution in [0.2, 0.25) is 0 Å². The molecule has 0 fully saturated rings. The second kappa shape index (κ2) is 3.87. The van der Waals surface area contributed by atoms with Gasteiger partial charge in [0.05, 0.1) is 0 Å². The van der Waals surface area contributed by atoms with Crippen LogP contribution in [0.5, 0.6) is 0 Å². The van der Waals surface area contributed by atoms with Gasteiger partial charge >= 0.3 is 0 Å². The molecule has 0 heterocycles. The van der Waals surface area contributed by atoms with E-state index in [1.807, 2.05) is 6.92 Å². The van der Waals surface area contributed by atoms with Crippen molar-refractivity contribution in [3.8, 4) is 0 Å². The lowest BCUT2D eigenvalue weighted by molar-refractivity contribution is 0.440. The van der Waals surface area contributed by atoms with Gasteiger partial charge < -0.3 is 11.5 Å². The Hall–Kier alpha value is -0.0800. The molecule has 0 aliphatic heterocycles. The Morgan fingerprint density at radius 1 is 1.50 bits per heavy atom. The molecule has 0 bridgehead atoms. The van der Waals surface area contributed by atoms with Gasteiger partial charge in [0, 0.05) is 6.04 Å². The zero-order valence-corrected chi connectivity index (χ0v) is 5.72. The van der Waals surface area contributed by atoms with Crippen molar-refractivity contribution in [3.63, 3.8) is 0 Å². The Bertz CT molecular complexity index is 48.5. The maximum absolute atomic E-state index is 5.58. The summed E-state index contributed by atoms with van der Waals surface area (Å²) in [7, 11) is 0. The molecule has 0 aromatic carbocycles. The predicted octanol–water partition coefficient (Wildman–Crippen LogP) is 0.318. The van der Waals surface area contributed by atoms with Gasteiger partial charge in [0.1, 0.15) is 0 Å². The second-order valence-corrected chi connectivity index (χ2v) is 2.26. The zero-order valence-electron chi connectivity index (χ0n) is 5.72. The number of hydrogen-bond donors (Lipinski definition) is 2. The molecule has 50 valence electrons. The Labute approximate surface area is 51.2 Å². The van der Waals surface area contributed by atoms with Gasteiger partial charge in [0.15, 0.2) is 0 Å². The summed E-state index contributed by atoms with van der Waals surface area (Å²) in [4.78, 5) is 0. The van der Waals surface area contributed by atoms with E-state index in [1.54, 1.807) is 0 Å². The maximum Gasteiger partial charge on any atom is 0.00507 e. The number of hydrogen-bond acceptors (Lipinski definition) is 2. The van der Waals surface area contributed by atoms with Crippen LogP contribution in [0.1, 0.15) is 20.3 Å². The van der Waals surface area contributed by atoms with Crippen molar-refractivity contribution in [2.45, 2.75) is 26.3 Å². The third kappa shape index (κ3) is 2.28. The van der Waals surface area contributed by atoms with Crippen molar-refractivity contribution >= 4 is 0 Å². The first-order valence-corrected chi connectivity index (χ1v) is 3.18. The Balaban J connectivity index is 3.35. The van der Waals surface area contributed by atoms with E-state index >= 15 is 0 Å². The van der Waals surface area contributed by atoms with E-state index in [0.717, 1.165) is 6.42 Å². The Morgan fingerprint density at radius 2 is 2.00 bits per heavy atom. The summed E-state index contributed by atoms with van der Waals surface area (Å²) >= 11 is 0. The molecule has 0 aromatic heterocycles. The summed E-state index contributed by atoms with van der Waals surface area (Å²) in [6.45, 7) is 4.83. The van der Waals surface area contributed by atoms with Gasteiger partial charge in [-0.05, 0) is 19.4 Å². The van der Waals surface area contributed by atoms with Crippen LogP contribution in [0.3, 0.4) is 0 Å². The summed E-state index contributed by atoms with van der Waals surface area (Å²) in [5.74, 6) is 0.509. The monoisotopic (exact) mass is 116 g/mol. The van der Waals surface area contributed by atoms with Gasteiger partial charge in [-0.3, -0.25) is 0 Å². The van der Waals surface area contributed by atoms with Crippen molar-refractivity contribution in [3.05, 3.63) is 0 Å². The average Bonchev–Trinajstić information content (AvgIpc) is 1.69. The molecule has 2 nitrogen and oxygen atoms in total. The van der Waals surface area contributed by atoms with Crippen molar-refractivity contribution in [2.75, 3.05) is 6.54 Å². The maximum atomic E-state index is 5.58. The molecule has 0 saturated heterocycles. The summed E-state index contributed by atoms with van der Waals surface area (Å²) < 4.78 is 0. The first-order chi connectivity index (χ1) is 3.72. The minimum atomic E-state index is 0.255. The molecule has 8 heavy (non-hydrogen) atoms. The third-order valence-electron chi connectivity index (χ3n) is 1.57. The van der Waals surface area contributed by atoms with Gasteiger partial charge in [-0.2, -0.15) is 0 Å². The highest BCUT2D eigenvalue weighted by molar-refractivity contribution is 4.66. The van der Waals surface area contributed by atoms with Crippen LogP contribution >= 0.6 is 0 Å². The highest BCUT2D eigenvalue weighted by Gasteiger charge is 2.06. The van der Waals surface area contributed by atoms with E-state index in [9.17, 15) is 0 Å². The predicted molar refractivity (Wildman–Crippen MR) is 36.5 cm³/mol. The van der Waals surface area contributed by atoms with E-state index in [4.69, 9.17) is 11.5 Å². The molecule has 0 aromatic rings. The molecule has 2 atom stereocenters. The topological polar surface area (TPSA) is 52.0 Å². The first-order valence-electron chi connectivity index (χ1n) is 3.18. The average molecular weight is 116 g/mol. The van der Waals surface area contributed by atoms with E-state index in [1.165, 1.54) is 0 Å². The zero-order chi connectivity index (χ0) is 6.57. The van der Waals surface area contributed by atoms with Crippen molar-refractivity contribution < 1.29 is 0 Å². The fourth-order valence-corrected chi connectivity index (χ4v) is 0.753. The fourth-order valence-electron chi connectivity index (χ4n) is 0.753. The second-order valence-electron chi connectivity index (χ2n) is 2.26. The van der Waals surface area contributed by atoms with Crippen LogP contribution in [-0.2, 0) is 0 Å². The summed E-state index contributed by atoms with van der Waals surface area (Å²) in [5.41, 5.74) is 11.0. The van der Waals surface area contributed by atoms with Crippen molar-refractivity contribution in [1.82, 2.24) is 0 Å². The normalized spacial score (nSPS) is 18.0. The molecule has 0 rings (SSSR count). The lowest BCUT2D eigenvalue weighted by Gasteiger charge is -2.15. The van der Waals surface area contributed by atoms with Gasteiger partial charge in [-0.25, -0.2) is 0 Å². The van der Waals surface area contributed by atoms with Crippen LogP contribution < -0.4 is 11.5 Å². The molecule has 2 heteroatoms. The van der Waals surface area contributed by atoms with E-state index in [0.29, 0.717) is 12.5 Å². The molecular formula is C6H16N2. The molecule has 0 aliphatic rings. The van der Waals surface area contributed by atoms with Crippen LogP contribution in [0.25, 0.3) is 0 Å². The van der Waals surface area contributed by atoms with Gasteiger partial charge in [0.2, 0.25) is 0 Å². The summed E-state index contributed by atoms with van der Waals surface area (Å²) in [6, 6.07) is 0.255. The lowest BCUT2D eigenvalue weighted by atomic mass is 10.00. The van der Waals surface area contributed by atoms with Gasteiger partial charge in [-0.1, -0.05) is 13.3 Å². The minimum absolute atomic E-state index is 0.255. The van der Waals surface area contributed by atoms with Crippen molar-refractivity contribution in [1.29, 1.82) is 0 Å². The molecular weight excluding hydrogens is 100 g/mol. The molecule has 0 aliphatic carbocycles. The number of nitrogens with two attached hydrogens (primary N) is 2. The molecule has 0 spiro atoms. The quantitative estimate of drug-likeness (QED) is 0.558. The van der Waals surface area contributed by atoms with Crippen LogP contribution in [0, 0.1) is 5.92 Å². The number of rotatable bonds is 3. The van der Waals surface area contributed by atoms with Crippen LogP contribution in [0.15, 0.2) is 0 Å². The van der Waals surface area contributed by atoms with E-state index < -0.39 is 0 Å². The molecule has 0 radical (unpaired) electrons. The smallest absolute Gasteiger partial charge is 0.00507 e. The Kier molecular flexibility index (Phi) is 3.83. The highest BCUT2D eigenvalue weighted by atomic mass is 14.7. The van der Waals surface area contributed by atoms with Gasteiger partial charge in [0.25, 0.3) is 0 Å². The largest absolute Gasteiger partial charge is 0.330 e. The molecule has 0 saturated carbocycles. The molecule has 2 unspecified atom stereocenters. The van der Waals surface area contributed by atoms with E-state index in [-0.39, 0.29) is 6.04 Å². The summed E-state index contributed by atoms with van der Waals surface area (Å²) in [6.07, 6.45) is 1.09. The van der Waals surface area contributed by atoms with Crippen molar-refractivity contribution in [2.24, 2.45) is 17.4 Å². The standard InChI is InChI=1S/C6H16N2/c1-3-6(4-7)5(2)8/h5-6H,3-4,7-8H2,1-2H3. The Morgan fingerprint density at radius 3 is 2.00 bits per heavy atom. The van der Waals surface area contributed by atoms with Gasteiger partial charge in [-0.15, -0.1) is 0 Å². The summed E-state index contributed by atoms with van der Waals surface area (Å²) in [5, 5.41) is 0. The fraction of sp³-hybridized carbons (Fsp3) is 1.00. The highest BCUT2D eigenvalue weighted by Crippen LogP contribution is 2.02. The molecule has 0 amide bonds.